The molecule has 0 spiro atoms. The lowest BCUT2D eigenvalue weighted by molar-refractivity contribution is 0.00272. The standard InChI is InChI=1S/C19H30O2/c1-18(2,3)16(20)12-13-17(19(4,5)6)21-14-15-10-8-7-9-11-15/h7-13,16-17,20H,14H2,1-6H3/b13-12+/t16-,17+/m1/s1. The van der Waals surface area contributed by atoms with Gasteiger partial charge in [-0.25, -0.2) is 0 Å². The van der Waals surface area contributed by atoms with E-state index in [1.165, 1.54) is 0 Å². The Morgan fingerprint density at radius 1 is 0.952 bits per heavy atom. The second-order valence-corrected chi connectivity index (χ2v) is 7.78. The Morgan fingerprint density at radius 3 is 2.00 bits per heavy atom. The van der Waals surface area contributed by atoms with E-state index in [0.717, 1.165) is 5.56 Å². The summed E-state index contributed by atoms with van der Waals surface area (Å²) in [6, 6.07) is 10.2. The van der Waals surface area contributed by atoms with E-state index >= 15 is 0 Å². The summed E-state index contributed by atoms with van der Waals surface area (Å²) in [7, 11) is 0. The van der Waals surface area contributed by atoms with Crippen LogP contribution in [0.25, 0.3) is 0 Å². The van der Waals surface area contributed by atoms with E-state index in [2.05, 4.69) is 32.9 Å². The van der Waals surface area contributed by atoms with Crippen molar-refractivity contribution in [1.29, 1.82) is 0 Å². The molecule has 1 aromatic rings. The summed E-state index contributed by atoms with van der Waals surface area (Å²) in [5.41, 5.74) is 0.998. The molecule has 2 atom stereocenters. The minimum Gasteiger partial charge on any atom is -0.388 e. The number of aliphatic hydroxyl groups excluding tert-OH is 1. The molecule has 0 saturated heterocycles. The molecule has 2 heteroatoms. The van der Waals surface area contributed by atoms with Gasteiger partial charge in [-0.2, -0.15) is 0 Å². The van der Waals surface area contributed by atoms with Crippen LogP contribution in [0.4, 0.5) is 0 Å². The van der Waals surface area contributed by atoms with Crippen LogP contribution in [0.15, 0.2) is 42.5 Å². The maximum Gasteiger partial charge on any atom is 0.0809 e. The molecule has 0 aliphatic rings. The van der Waals surface area contributed by atoms with Crippen LogP contribution in [-0.2, 0) is 11.3 Å². The maximum absolute atomic E-state index is 10.1. The van der Waals surface area contributed by atoms with E-state index < -0.39 is 6.10 Å². The zero-order valence-corrected chi connectivity index (χ0v) is 14.3. The van der Waals surface area contributed by atoms with Crippen LogP contribution >= 0.6 is 0 Å². The first-order valence-electron chi connectivity index (χ1n) is 7.62. The largest absolute Gasteiger partial charge is 0.388 e. The van der Waals surface area contributed by atoms with Crippen molar-refractivity contribution in [3.63, 3.8) is 0 Å². The number of ether oxygens (including phenoxy) is 1. The first-order valence-corrected chi connectivity index (χ1v) is 7.62. The monoisotopic (exact) mass is 290 g/mol. The maximum atomic E-state index is 10.1. The summed E-state index contributed by atoms with van der Waals surface area (Å²) < 4.78 is 6.06. The van der Waals surface area contributed by atoms with Gasteiger partial charge in [0.2, 0.25) is 0 Å². The van der Waals surface area contributed by atoms with E-state index in [1.54, 1.807) is 0 Å². The SMILES string of the molecule is CC(C)(C)[C@H](O)/C=C/[C@H](OCc1ccccc1)C(C)(C)C. The fourth-order valence-electron chi connectivity index (χ4n) is 1.85. The van der Waals surface area contributed by atoms with E-state index in [0.29, 0.717) is 6.61 Å². The van der Waals surface area contributed by atoms with Gasteiger partial charge >= 0.3 is 0 Å². The van der Waals surface area contributed by atoms with E-state index in [4.69, 9.17) is 4.74 Å². The lowest BCUT2D eigenvalue weighted by atomic mass is 9.85. The van der Waals surface area contributed by atoms with Crippen LogP contribution in [0.2, 0.25) is 0 Å². The second kappa shape index (κ2) is 7.24. The normalized spacial score (nSPS) is 16.1. The van der Waals surface area contributed by atoms with Crippen LogP contribution < -0.4 is 0 Å². The molecular formula is C19H30O2. The van der Waals surface area contributed by atoms with Crippen molar-refractivity contribution in [2.24, 2.45) is 10.8 Å². The Bertz CT molecular complexity index is 435. The summed E-state index contributed by atoms with van der Waals surface area (Å²) in [5.74, 6) is 0. The van der Waals surface area contributed by atoms with Gasteiger partial charge in [-0.05, 0) is 16.4 Å². The Morgan fingerprint density at radius 2 is 1.52 bits per heavy atom. The summed E-state index contributed by atoms with van der Waals surface area (Å²) in [6.45, 7) is 13.1. The molecule has 118 valence electrons. The van der Waals surface area contributed by atoms with Crippen molar-refractivity contribution in [3.05, 3.63) is 48.0 Å². The molecule has 0 amide bonds. The van der Waals surface area contributed by atoms with Gasteiger partial charge in [-0.1, -0.05) is 84.0 Å². The van der Waals surface area contributed by atoms with Gasteiger partial charge in [-0.3, -0.25) is 0 Å². The number of hydrogen-bond donors (Lipinski definition) is 1. The van der Waals surface area contributed by atoms with E-state index in [9.17, 15) is 5.11 Å². The third-order valence-corrected chi connectivity index (χ3v) is 3.48. The molecule has 0 aromatic heterocycles. The average molecular weight is 290 g/mol. The topological polar surface area (TPSA) is 29.5 Å². The highest BCUT2D eigenvalue weighted by molar-refractivity contribution is 5.13. The zero-order valence-electron chi connectivity index (χ0n) is 14.3. The predicted octanol–water partition coefficient (Wildman–Crippen LogP) is 4.58. The Labute approximate surface area is 129 Å². The summed E-state index contributed by atoms with van der Waals surface area (Å²) in [5, 5.41) is 10.1. The van der Waals surface area contributed by atoms with Gasteiger partial charge in [0, 0.05) is 0 Å². The molecule has 0 bridgehead atoms. The highest BCUT2D eigenvalue weighted by Gasteiger charge is 2.25. The first kappa shape index (κ1) is 17.9. The molecule has 0 aliphatic carbocycles. The molecule has 0 heterocycles. The average Bonchev–Trinajstić information content (AvgIpc) is 2.36. The molecule has 2 nitrogen and oxygen atoms in total. The summed E-state index contributed by atoms with van der Waals surface area (Å²) >= 11 is 0. The third-order valence-electron chi connectivity index (χ3n) is 3.48. The van der Waals surface area contributed by atoms with Gasteiger partial charge in [0.15, 0.2) is 0 Å². The lowest BCUT2D eigenvalue weighted by Crippen LogP contribution is -2.29. The highest BCUT2D eigenvalue weighted by Crippen LogP contribution is 2.26. The number of rotatable bonds is 5. The number of hydrogen-bond acceptors (Lipinski definition) is 2. The minimum absolute atomic E-state index is 0.0110. The van der Waals surface area contributed by atoms with Crippen LogP contribution in [0, 0.1) is 10.8 Å². The van der Waals surface area contributed by atoms with Crippen LogP contribution in [-0.4, -0.2) is 17.3 Å². The van der Waals surface area contributed by atoms with Gasteiger partial charge in [0.1, 0.15) is 0 Å². The second-order valence-electron chi connectivity index (χ2n) is 7.78. The molecular weight excluding hydrogens is 260 g/mol. The molecule has 0 unspecified atom stereocenters. The van der Waals surface area contributed by atoms with Gasteiger partial charge in [-0.15, -0.1) is 0 Å². The molecule has 1 N–H and O–H groups in total. The fourth-order valence-corrected chi connectivity index (χ4v) is 1.85. The zero-order chi connectivity index (χ0) is 16.1. The van der Waals surface area contributed by atoms with Gasteiger partial charge in [0.05, 0.1) is 18.8 Å². The third kappa shape index (κ3) is 6.45. The van der Waals surface area contributed by atoms with Crippen molar-refractivity contribution in [2.45, 2.75) is 60.4 Å². The quantitative estimate of drug-likeness (QED) is 0.804. The molecule has 1 rings (SSSR count). The predicted molar refractivity (Wildman–Crippen MR) is 89.1 cm³/mol. The van der Waals surface area contributed by atoms with Crippen molar-refractivity contribution >= 4 is 0 Å². The first-order chi connectivity index (χ1) is 9.60. The number of benzene rings is 1. The highest BCUT2D eigenvalue weighted by atomic mass is 16.5. The van der Waals surface area contributed by atoms with Crippen LogP contribution in [0.5, 0.6) is 0 Å². The summed E-state index contributed by atoms with van der Waals surface area (Å²) in [4.78, 5) is 0. The molecule has 0 aliphatic heterocycles. The number of aliphatic hydroxyl groups is 1. The smallest absolute Gasteiger partial charge is 0.0809 e. The van der Waals surface area contributed by atoms with Crippen molar-refractivity contribution in [1.82, 2.24) is 0 Å². The molecule has 0 saturated carbocycles. The van der Waals surface area contributed by atoms with Crippen LogP contribution in [0.1, 0.15) is 47.1 Å². The van der Waals surface area contributed by atoms with Crippen LogP contribution in [0.3, 0.4) is 0 Å². The lowest BCUT2D eigenvalue weighted by Gasteiger charge is -2.29. The molecule has 0 fully saturated rings. The molecule has 1 aromatic carbocycles. The van der Waals surface area contributed by atoms with Crippen molar-refractivity contribution in [2.75, 3.05) is 0 Å². The van der Waals surface area contributed by atoms with E-state index in [-0.39, 0.29) is 16.9 Å². The van der Waals surface area contributed by atoms with Crippen molar-refractivity contribution in [3.8, 4) is 0 Å². The Balaban J connectivity index is 2.71. The summed E-state index contributed by atoms with van der Waals surface area (Å²) in [6.07, 6.45) is 3.36. The van der Waals surface area contributed by atoms with E-state index in [1.807, 2.05) is 51.1 Å². The fraction of sp³-hybridized carbons (Fsp3) is 0.579. The van der Waals surface area contributed by atoms with Gasteiger partial charge in [0.25, 0.3) is 0 Å². The Kier molecular flexibility index (Phi) is 6.18. The minimum atomic E-state index is -0.470. The molecule has 0 radical (unpaired) electrons. The molecule has 21 heavy (non-hydrogen) atoms. The Hall–Kier alpha value is -1.12. The van der Waals surface area contributed by atoms with Crippen molar-refractivity contribution < 1.29 is 9.84 Å². The van der Waals surface area contributed by atoms with Gasteiger partial charge < -0.3 is 9.84 Å².